The number of rotatable bonds is 10. The van der Waals surface area contributed by atoms with Gasteiger partial charge >= 0.3 is 0 Å². The van der Waals surface area contributed by atoms with Gasteiger partial charge in [0.15, 0.2) is 10.1 Å². The monoisotopic (exact) mass is 499 g/mol. The highest BCUT2D eigenvalue weighted by atomic mass is 35.5. The summed E-state index contributed by atoms with van der Waals surface area (Å²) in [5.41, 5.74) is 2.30. The van der Waals surface area contributed by atoms with Crippen LogP contribution in [0, 0.1) is 0 Å². The molecular weight excluding hydrogens is 473 g/mol. The number of methoxy groups -OCH3 is 2. The predicted molar refractivity (Wildman–Crippen MR) is 126 cm³/mol. The van der Waals surface area contributed by atoms with E-state index in [1.165, 1.54) is 4.31 Å². The van der Waals surface area contributed by atoms with Crippen LogP contribution in [0.15, 0.2) is 42.5 Å². The van der Waals surface area contributed by atoms with Crippen LogP contribution in [0.1, 0.15) is 42.4 Å². The van der Waals surface area contributed by atoms with E-state index in [0.717, 1.165) is 16.7 Å². The summed E-state index contributed by atoms with van der Waals surface area (Å²) in [6, 6.07) is 12.6. The fraction of sp³-hybridized carbons (Fsp3) is 0.435. The molecule has 1 aliphatic carbocycles. The summed E-state index contributed by atoms with van der Waals surface area (Å²) in [6.07, 6.45) is 0.702. The molecule has 0 saturated heterocycles. The third kappa shape index (κ3) is 5.22. The molecule has 9 heteroatoms. The molecule has 0 spiro atoms. The van der Waals surface area contributed by atoms with Crippen LogP contribution in [0.4, 0.5) is 0 Å². The van der Waals surface area contributed by atoms with Crippen molar-refractivity contribution in [2.45, 2.75) is 43.1 Å². The Labute approximate surface area is 199 Å². The molecule has 0 radical (unpaired) electrons. The van der Waals surface area contributed by atoms with Crippen molar-refractivity contribution in [2.75, 3.05) is 20.0 Å². The van der Waals surface area contributed by atoms with Crippen LogP contribution in [-0.4, -0.2) is 42.8 Å². The van der Waals surface area contributed by atoms with Crippen LogP contribution in [-0.2, 0) is 27.9 Å². The van der Waals surface area contributed by atoms with Crippen LogP contribution < -0.4 is 9.47 Å². The third-order valence-corrected chi connectivity index (χ3v) is 8.57. The van der Waals surface area contributed by atoms with Crippen molar-refractivity contribution in [1.29, 1.82) is 0 Å². The Hall–Kier alpha value is -1.80. The fourth-order valence-electron chi connectivity index (χ4n) is 3.75. The van der Waals surface area contributed by atoms with Crippen molar-refractivity contribution in [2.24, 2.45) is 0 Å². The van der Waals surface area contributed by atoms with Crippen molar-refractivity contribution >= 4 is 39.0 Å². The quantitative estimate of drug-likeness (QED) is 0.443. The van der Waals surface area contributed by atoms with Gasteiger partial charge in [-0.2, -0.15) is 4.31 Å². The van der Waals surface area contributed by atoms with E-state index in [-0.39, 0.29) is 31.0 Å². The Bertz CT molecular complexity index is 1070. The SMILES string of the molecule is CCCS(=O)(=O)N(Cc1ccc(OC)cc1)Cc1ccc(OC)cc1[C@@H]1CC(=O)C1(Cl)Cl. The Morgan fingerprint density at radius 3 is 2.19 bits per heavy atom. The number of hydrogen-bond acceptors (Lipinski definition) is 5. The van der Waals surface area contributed by atoms with Gasteiger partial charge < -0.3 is 9.47 Å². The summed E-state index contributed by atoms with van der Waals surface area (Å²) in [5.74, 6) is 0.647. The minimum absolute atomic E-state index is 0.0332. The van der Waals surface area contributed by atoms with Gasteiger partial charge in [-0.1, -0.05) is 48.3 Å². The molecule has 0 N–H and O–H groups in total. The smallest absolute Gasteiger partial charge is 0.214 e. The zero-order chi connectivity index (χ0) is 23.5. The van der Waals surface area contributed by atoms with Gasteiger partial charge in [-0.3, -0.25) is 4.79 Å². The molecule has 174 valence electrons. The number of carbonyl (C=O) groups excluding carboxylic acids is 1. The second-order valence-corrected chi connectivity index (χ2v) is 11.3. The number of halogens is 2. The average Bonchev–Trinajstić information content (AvgIpc) is 2.77. The molecule has 0 aliphatic heterocycles. The molecule has 1 saturated carbocycles. The molecule has 0 bridgehead atoms. The lowest BCUT2D eigenvalue weighted by atomic mass is 9.76. The number of hydrogen-bond donors (Lipinski definition) is 0. The van der Waals surface area contributed by atoms with E-state index in [1.54, 1.807) is 38.5 Å². The predicted octanol–water partition coefficient (Wildman–Crippen LogP) is 4.68. The molecule has 6 nitrogen and oxygen atoms in total. The first kappa shape index (κ1) is 24.8. The molecule has 0 heterocycles. The molecule has 3 rings (SSSR count). The number of Topliss-reactive ketones (excluding diaryl/α,β-unsaturated/α-hetero) is 1. The topological polar surface area (TPSA) is 72.9 Å². The molecule has 0 aromatic heterocycles. The van der Waals surface area contributed by atoms with Crippen LogP contribution in [0.2, 0.25) is 0 Å². The van der Waals surface area contributed by atoms with Crippen LogP contribution >= 0.6 is 23.2 Å². The highest BCUT2D eigenvalue weighted by molar-refractivity contribution is 7.89. The normalized spacial score (nSPS) is 17.8. The maximum Gasteiger partial charge on any atom is 0.214 e. The van der Waals surface area contributed by atoms with Crippen LogP contribution in [0.3, 0.4) is 0 Å². The first-order valence-electron chi connectivity index (χ1n) is 10.3. The van der Waals surface area contributed by atoms with E-state index in [4.69, 9.17) is 32.7 Å². The molecule has 2 aromatic rings. The Balaban J connectivity index is 1.97. The Morgan fingerprint density at radius 1 is 1.03 bits per heavy atom. The van der Waals surface area contributed by atoms with Crippen molar-refractivity contribution in [1.82, 2.24) is 4.31 Å². The number of ether oxygens (including phenoxy) is 2. The summed E-state index contributed by atoms with van der Waals surface area (Å²) >= 11 is 12.6. The number of alkyl halides is 2. The van der Waals surface area contributed by atoms with Crippen LogP contribution in [0.25, 0.3) is 0 Å². The number of benzene rings is 2. The summed E-state index contributed by atoms with van der Waals surface area (Å²) < 4.78 is 36.7. The van der Waals surface area contributed by atoms with Crippen molar-refractivity contribution < 1.29 is 22.7 Å². The first-order valence-corrected chi connectivity index (χ1v) is 12.7. The second-order valence-electron chi connectivity index (χ2n) is 7.80. The van der Waals surface area contributed by atoms with Crippen molar-refractivity contribution in [3.63, 3.8) is 0 Å². The van der Waals surface area contributed by atoms with Gasteiger partial charge in [0, 0.05) is 25.4 Å². The molecule has 1 fully saturated rings. The lowest BCUT2D eigenvalue weighted by Crippen LogP contribution is -2.46. The van der Waals surface area contributed by atoms with Gasteiger partial charge in [-0.15, -0.1) is 0 Å². The van der Waals surface area contributed by atoms with E-state index >= 15 is 0 Å². The third-order valence-electron chi connectivity index (χ3n) is 5.65. The van der Waals surface area contributed by atoms with E-state index in [1.807, 2.05) is 25.1 Å². The fourth-order valence-corrected chi connectivity index (χ4v) is 5.75. The first-order chi connectivity index (χ1) is 15.1. The van der Waals surface area contributed by atoms with Gasteiger partial charge in [0.05, 0.1) is 20.0 Å². The molecule has 1 aliphatic rings. The number of sulfonamides is 1. The zero-order valence-corrected chi connectivity index (χ0v) is 20.6. The highest BCUT2D eigenvalue weighted by Gasteiger charge is 2.53. The minimum Gasteiger partial charge on any atom is -0.497 e. The summed E-state index contributed by atoms with van der Waals surface area (Å²) in [7, 11) is -0.410. The maximum atomic E-state index is 13.1. The van der Waals surface area contributed by atoms with Crippen molar-refractivity contribution in [3.05, 3.63) is 59.2 Å². The summed E-state index contributed by atoms with van der Waals surface area (Å²) in [4.78, 5) is 12.0. The molecular formula is C23H27Cl2NO5S. The molecule has 32 heavy (non-hydrogen) atoms. The Kier molecular flexibility index (Phi) is 7.76. The standard InChI is InChI=1S/C23H27Cl2NO5S/c1-4-11-32(28,29)26(14-16-5-8-18(30-2)9-6-16)15-17-7-10-19(31-3)12-20(17)21-13-22(27)23(21,24)25/h5-10,12,21H,4,11,13-15H2,1-3H3/t21-/m0/s1. The highest BCUT2D eigenvalue weighted by Crippen LogP contribution is 2.52. The van der Waals surface area contributed by atoms with Gasteiger partial charge in [-0.25, -0.2) is 8.42 Å². The lowest BCUT2D eigenvalue weighted by Gasteiger charge is -2.39. The number of nitrogens with zero attached hydrogens (tertiary/aromatic N) is 1. The average molecular weight is 500 g/mol. The van der Waals surface area contributed by atoms with E-state index in [9.17, 15) is 13.2 Å². The zero-order valence-electron chi connectivity index (χ0n) is 18.3. The lowest BCUT2D eigenvalue weighted by molar-refractivity contribution is -0.125. The van der Waals surface area contributed by atoms with E-state index in [0.29, 0.717) is 17.9 Å². The number of ketones is 1. The second kappa shape index (κ2) is 10.00. The number of carbonyl (C=O) groups is 1. The van der Waals surface area contributed by atoms with Gasteiger partial charge in [-0.05, 0) is 47.4 Å². The van der Waals surface area contributed by atoms with E-state index in [2.05, 4.69) is 0 Å². The van der Waals surface area contributed by atoms with Crippen molar-refractivity contribution in [3.8, 4) is 11.5 Å². The molecule has 0 unspecified atom stereocenters. The minimum atomic E-state index is -3.53. The molecule has 1 atom stereocenters. The summed E-state index contributed by atoms with van der Waals surface area (Å²) in [6.45, 7) is 2.16. The van der Waals surface area contributed by atoms with Crippen LogP contribution in [0.5, 0.6) is 11.5 Å². The molecule has 2 aromatic carbocycles. The van der Waals surface area contributed by atoms with E-state index < -0.39 is 20.3 Å². The Morgan fingerprint density at radius 2 is 1.66 bits per heavy atom. The van der Waals surface area contributed by atoms with Gasteiger partial charge in [0.25, 0.3) is 0 Å². The molecule has 0 amide bonds. The van der Waals surface area contributed by atoms with Gasteiger partial charge in [0.2, 0.25) is 10.0 Å². The van der Waals surface area contributed by atoms with Gasteiger partial charge in [0.1, 0.15) is 11.5 Å². The largest absolute Gasteiger partial charge is 0.497 e. The summed E-state index contributed by atoms with van der Waals surface area (Å²) in [5, 5.41) is 0. The maximum absolute atomic E-state index is 13.1.